The van der Waals surface area contributed by atoms with Crippen LogP contribution in [-0.2, 0) is 0 Å². The Bertz CT molecular complexity index is 644. The molecular formula is C15H19N3O2. The number of aromatic nitrogens is 2. The minimum atomic E-state index is -0.161. The van der Waals surface area contributed by atoms with Gasteiger partial charge in [-0.25, -0.2) is 0 Å². The fraction of sp³-hybridized carbons (Fsp3) is 0.333. The van der Waals surface area contributed by atoms with Crippen molar-refractivity contribution in [3.8, 4) is 6.01 Å². The van der Waals surface area contributed by atoms with E-state index >= 15 is 0 Å². The molecule has 5 heteroatoms. The molecule has 1 N–H and O–H groups in total. The van der Waals surface area contributed by atoms with Crippen LogP contribution in [0.2, 0.25) is 0 Å². The summed E-state index contributed by atoms with van der Waals surface area (Å²) in [6.45, 7) is 8.12. The molecule has 1 amide bonds. The summed E-state index contributed by atoms with van der Waals surface area (Å²) in [5, 5.41) is 2.77. The molecule has 1 heterocycles. The zero-order valence-electron chi connectivity index (χ0n) is 12.0. The van der Waals surface area contributed by atoms with Crippen LogP contribution in [0, 0.1) is 0 Å². The summed E-state index contributed by atoms with van der Waals surface area (Å²) in [5.74, 6) is -0.161. The summed E-state index contributed by atoms with van der Waals surface area (Å²) in [7, 11) is 1.58. The van der Waals surface area contributed by atoms with Crippen molar-refractivity contribution < 1.29 is 9.53 Å². The first kappa shape index (κ1) is 14.1. The van der Waals surface area contributed by atoms with Gasteiger partial charge in [0.1, 0.15) is 5.52 Å². The fourth-order valence-electron chi connectivity index (χ4n) is 2.18. The van der Waals surface area contributed by atoms with Crippen LogP contribution in [0.25, 0.3) is 11.0 Å². The van der Waals surface area contributed by atoms with E-state index in [2.05, 4.69) is 16.9 Å². The summed E-state index contributed by atoms with van der Waals surface area (Å²) in [6.07, 6.45) is 1.64. The Kier molecular flexibility index (Phi) is 4.08. The number of amides is 1. The van der Waals surface area contributed by atoms with Crippen molar-refractivity contribution in [2.24, 2.45) is 0 Å². The molecule has 2 aromatic rings. The third-order valence-electron chi connectivity index (χ3n) is 3.04. The van der Waals surface area contributed by atoms with Crippen LogP contribution in [0.1, 0.15) is 30.2 Å². The lowest BCUT2D eigenvalue weighted by atomic mass is 10.1. The van der Waals surface area contributed by atoms with Gasteiger partial charge in [0.05, 0.1) is 18.2 Å². The Morgan fingerprint density at radius 1 is 1.55 bits per heavy atom. The van der Waals surface area contributed by atoms with Gasteiger partial charge in [0.2, 0.25) is 0 Å². The molecule has 0 fully saturated rings. The molecule has 0 saturated carbocycles. The number of methoxy groups -OCH3 is 1. The van der Waals surface area contributed by atoms with E-state index in [4.69, 9.17) is 4.74 Å². The predicted molar refractivity (Wildman–Crippen MR) is 79.2 cm³/mol. The maximum Gasteiger partial charge on any atom is 0.297 e. The van der Waals surface area contributed by atoms with Crippen LogP contribution in [0.15, 0.2) is 30.9 Å². The van der Waals surface area contributed by atoms with Gasteiger partial charge in [-0.15, -0.1) is 6.58 Å². The lowest BCUT2D eigenvalue weighted by molar-refractivity contribution is 0.0959. The topological polar surface area (TPSA) is 56.1 Å². The van der Waals surface area contributed by atoms with Crippen molar-refractivity contribution in [3.63, 3.8) is 0 Å². The largest absolute Gasteiger partial charge is 0.468 e. The highest BCUT2D eigenvalue weighted by molar-refractivity contribution is 6.05. The van der Waals surface area contributed by atoms with E-state index in [1.807, 2.05) is 30.5 Å². The molecule has 1 aromatic carbocycles. The first-order chi connectivity index (χ1) is 9.60. The maximum absolute atomic E-state index is 12.1. The number of rotatable bonds is 5. The van der Waals surface area contributed by atoms with Crippen LogP contribution in [-0.4, -0.2) is 29.1 Å². The molecule has 2 rings (SSSR count). The number of hydrogen-bond donors (Lipinski definition) is 1. The van der Waals surface area contributed by atoms with Crippen LogP contribution in [0.5, 0.6) is 6.01 Å². The molecule has 0 spiro atoms. The Labute approximate surface area is 118 Å². The number of nitrogens with one attached hydrogen (secondary N) is 1. The Morgan fingerprint density at radius 2 is 2.30 bits per heavy atom. The molecule has 5 nitrogen and oxygen atoms in total. The molecule has 0 aliphatic carbocycles. The van der Waals surface area contributed by atoms with E-state index in [-0.39, 0.29) is 11.9 Å². The number of imidazole rings is 1. The van der Waals surface area contributed by atoms with Crippen molar-refractivity contribution in [1.29, 1.82) is 0 Å². The van der Waals surface area contributed by atoms with Crippen molar-refractivity contribution >= 4 is 16.9 Å². The van der Waals surface area contributed by atoms with Gasteiger partial charge in [-0.05, 0) is 26.0 Å². The number of hydrogen-bond acceptors (Lipinski definition) is 3. The zero-order valence-corrected chi connectivity index (χ0v) is 12.0. The monoisotopic (exact) mass is 273 g/mol. The van der Waals surface area contributed by atoms with Gasteiger partial charge in [-0.1, -0.05) is 12.1 Å². The highest BCUT2D eigenvalue weighted by Crippen LogP contribution is 2.27. The summed E-state index contributed by atoms with van der Waals surface area (Å²) in [4.78, 5) is 16.6. The van der Waals surface area contributed by atoms with Crippen LogP contribution >= 0.6 is 0 Å². The van der Waals surface area contributed by atoms with E-state index in [1.54, 1.807) is 19.3 Å². The first-order valence-corrected chi connectivity index (χ1v) is 6.54. The van der Waals surface area contributed by atoms with Gasteiger partial charge < -0.3 is 10.1 Å². The number of carbonyl (C=O) groups excluding carboxylic acids is 1. The summed E-state index contributed by atoms with van der Waals surface area (Å²) in [6, 6.07) is 6.26. The Balaban J connectivity index is 2.58. The number of ether oxygens (including phenoxy) is 1. The molecular weight excluding hydrogens is 254 g/mol. The zero-order chi connectivity index (χ0) is 14.7. The predicted octanol–water partition coefficient (Wildman–Crippen LogP) is 2.54. The molecule has 0 radical (unpaired) electrons. The number of carbonyl (C=O) groups is 1. The smallest absolute Gasteiger partial charge is 0.297 e. The van der Waals surface area contributed by atoms with Crippen molar-refractivity contribution in [2.75, 3.05) is 13.7 Å². The second-order valence-corrected chi connectivity index (χ2v) is 4.73. The first-order valence-electron chi connectivity index (χ1n) is 6.54. The summed E-state index contributed by atoms with van der Waals surface area (Å²) < 4.78 is 7.28. The normalized spacial score (nSPS) is 10.8. The Morgan fingerprint density at radius 3 is 2.90 bits per heavy atom. The number of nitrogens with zero attached hydrogens (tertiary/aromatic N) is 2. The van der Waals surface area contributed by atoms with Crippen molar-refractivity contribution in [3.05, 3.63) is 36.4 Å². The second-order valence-electron chi connectivity index (χ2n) is 4.73. The van der Waals surface area contributed by atoms with E-state index in [0.717, 1.165) is 5.52 Å². The summed E-state index contributed by atoms with van der Waals surface area (Å²) in [5.41, 5.74) is 2.09. The minimum Gasteiger partial charge on any atom is -0.468 e. The van der Waals surface area contributed by atoms with Crippen LogP contribution in [0.4, 0.5) is 0 Å². The molecule has 0 saturated heterocycles. The SMILES string of the molecule is C=CCNC(=O)c1cccc2c1nc(OC)n2C(C)C. The maximum atomic E-state index is 12.1. The lowest BCUT2D eigenvalue weighted by Gasteiger charge is -2.11. The third-order valence-corrected chi connectivity index (χ3v) is 3.04. The van der Waals surface area contributed by atoms with E-state index < -0.39 is 0 Å². The molecule has 20 heavy (non-hydrogen) atoms. The van der Waals surface area contributed by atoms with Crippen molar-refractivity contribution in [2.45, 2.75) is 19.9 Å². The van der Waals surface area contributed by atoms with Crippen LogP contribution in [0.3, 0.4) is 0 Å². The number of fused-ring (bicyclic) bond motifs is 1. The highest BCUT2D eigenvalue weighted by atomic mass is 16.5. The number of benzene rings is 1. The lowest BCUT2D eigenvalue weighted by Crippen LogP contribution is -2.23. The number of para-hydroxylation sites is 1. The molecule has 0 aliphatic heterocycles. The molecule has 1 aromatic heterocycles. The minimum absolute atomic E-state index is 0.161. The average molecular weight is 273 g/mol. The fourth-order valence-corrected chi connectivity index (χ4v) is 2.18. The molecule has 0 aliphatic rings. The average Bonchev–Trinajstić information content (AvgIpc) is 2.82. The van der Waals surface area contributed by atoms with E-state index in [1.165, 1.54) is 0 Å². The third kappa shape index (κ3) is 2.39. The van der Waals surface area contributed by atoms with Gasteiger partial charge in [0, 0.05) is 12.6 Å². The second kappa shape index (κ2) is 5.77. The van der Waals surface area contributed by atoms with Gasteiger partial charge in [-0.2, -0.15) is 4.98 Å². The van der Waals surface area contributed by atoms with Crippen LogP contribution < -0.4 is 10.1 Å². The quantitative estimate of drug-likeness (QED) is 0.852. The van der Waals surface area contributed by atoms with Crippen molar-refractivity contribution in [1.82, 2.24) is 14.9 Å². The highest BCUT2D eigenvalue weighted by Gasteiger charge is 2.18. The Hall–Kier alpha value is -2.30. The molecule has 0 bridgehead atoms. The van der Waals surface area contributed by atoms with Gasteiger partial charge in [0.15, 0.2) is 0 Å². The van der Waals surface area contributed by atoms with Gasteiger partial charge >= 0.3 is 0 Å². The van der Waals surface area contributed by atoms with Gasteiger partial charge in [-0.3, -0.25) is 9.36 Å². The van der Waals surface area contributed by atoms with E-state index in [0.29, 0.717) is 23.6 Å². The molecule has 106 valence electrons. The molecule has 0 unspecified atom stereocenters. The van der Waals surface area contributed by atoms with E-state index in [9.17, 15) is 4.79 Å². The standard InChI is InChI=1S/C15H19N3O2/c1-5-9-16-14(19)11-7-6-8-12-13(11)17-15(20-4)18(12)10(2)3/h5-8,10H,1,9H2,2-4H3,(H,16,19). The van der Waals surface area contributed by atoms with Gasteiger partial charge in [0.25, 0.3) is 11.9 Å². The summed E-state index contributed by atoms with van der Waals surface area (Å²) >= 11 is 0. The molecule has 0 atom stereocenters.